The van der Waals surface area contributed by atoms with Gasteiger partial charge >= 0.3 is 0 Å². The molecule has 0 radical (unpaired) electrons. The van der Waals surface area contributed by atoms with E-state index in [4.69, 9.17) is 0 Å². The van der Waals surface area contributed by atoms with Crippen molar-refractivity contribution in [1.29, 1.82) is 0 Å². The third-order valence-electron chi connectivity index (χ3n) is 3.51. The van der Waals surface area contributed by atoms with Gasteiger partial charge in [-0.25, -0.2) is 4.98 Å². The van der Waals surface area contributed by atoms with Gasteiger partial charge in [-0.1, -0.05) is 0 Å². The molecule has 0 saturated heterocycles. The molecule has 3 rings (SSSR count). The average molecular weight is 325 g/mol. The molecule has 7 heteroatoms. The van der Waals surface area contributed by atoms with Crippen LogP contribution in [-0.2, 0) is 13.0 Å². The molecule has 0 saturated carbocycles. The van der Waals surface area contributed by atoms with Crippen molar-refractivity contribution in [2.75, 3.05) is 11.9 Å². The molecule has 2 aromatic rings. The van der Waals surface area contributed by atoms with Crippen molar-refractivity contribution in [3.05, 3.63) is 32.7 Å². The molecule has 0 aliphatic carbocycles. The van der Waals surface area contributed by atoms with Gasteiger partial charge in [0, 0.05) is 30.4 Å². The van der Waals surface area contributed by atoms with Crippen LogP contribution in [0.15, 0.2) is 12.1 Å². The Morgan fingerprint density at radius 2 is 2.24 bits per heavy atom. The van der Waals surface area contributed by atoms with Gasteiger partial charge in [-0.05, 0) is 26.0 Å². The third kappa shape index (κ3) is 3.14. The Hall–Kier alpha value is -1.31. The number of carbonyl (C=O) groups excluding carboxylic acids is 1. The Morgan fingerprint density at radius 3 is 2.90 bits per heavy atom. The number of rotatable bonds is 3. The van der Waals surface area contributed by atoms with Crippen LogP contribution < -0.4 is 5.32 Å². The van der Waals surface area contributed by atoms with Crippen molar-refractivity contribution in [3.8, 4) is 0 Å². The van der Waals surface area contributed by atoms with Crippen molar-refractivity contribution in [3.63, 3.8) is 0 Å². The number of hydrogen-bond donors (Lipinski definition) is 1. The summed E-state index contributed by atoms with van der Waals surface area (Å²) in [6.45, 7) is 6.24. The predicted octanol–water partition coefficient (Wildman–Crippen LogP) is 3.36. The smallest absolute Gasteiger partial charge is 0.267 e. The number of amides is 1. The summed E-state index contributed by atoms with van der Waals surface area (Å²) in [5.41, 5.74) is 1.07. The van der Waals surface area contributed by atoms with E-state index in [2.05, 4.69) is 29.0 Å². The maximum atomic E-state index is 13.0. The van der Waals surface area contributed by atoms with Crippen molar-refractivity contribution >= 4 is 33.7 Å². The quantitative estimate of drug-likeness (QED) is 0.941. The topological polar surface area (TPSA) is 45.2 Å². The van der Waals surface area contributed by atoms with Crippen LogP contribution in [0.2, 0.25) is 0 Å². The van der Waals surface area contributed by atoms with Gasteiger partial charge in [0.25, 0.3) is 5.91 Å². The maximum Gasteiger partial charge on any atom is 0.267 e. The lowest BCUT2D eigenvalue weighted by Crippen LogP contribution is -2.35. The molecule has 1 aliphatic rings. The van der Waals surface area contributed by atoms with E-state index >= 15 is 0 Å². The Bertz CT molecular complexity index is 665. The molecule has 0 aromatic carbocycles. The summed E-state index contributed by atoms with van der Waals surface area (Å²) in [5, 5.41) is 3.01. The van der Waals surface area contributed by atoms with Gasteiger partial charge < -0.3 is 0 Å². The number of nitrogens with one attached hydrogen (secondary N) is 1. The highest BCUT2D eigenvalue weighted by molar-refractivity contribution is 7.16. The second-order valence-corrected chi connectivity index (χ2v) is 7.38. The Kier molecular flexibility index (Phi) is 4.05. The minimum absolute atomic E-state index is 0.296. The zero-order valence-corrected chi connectivity index (χ0v) is 13.5. The van der Waals surface area contributed by atoms with Crippen molar-refractivity contribution in [1.82, 2.24) is 9.88 Å². The minimum Gasteiger partial charge on any atom is -0.297 e. The summed E-state index contributed by atoms with van der Waals surface area (Å²) in [6.07, 6.45) is 0.910. The van der Waals surface area contributed by atoms with Gasteiger partial charge in [0.05, 0.1) is 10.6 Å². The number of anilines is 1. The molecule has 21 heavy (non-hydrogen) atoms. The Morgan fingerprint density at radius 1 is 1.43 bits per heavy atom. The standard InChI is InChI=1S/C14H16FN3OS2/c1-8(2)18-6-5-9-11(7-18)21-14(16-9)17-13(19)10-3-4-12(15)20-10/h3-4,8H,5-7H2,1-2H3,(H,16,17,19). The van der Waals surface area contributed by atoms with Crippen LogP contribution in [0, 0.1) is 5.13 Å². The highest BCUT2D eigenvalue weighted by atomic mass is 32.1. The number of nitrogens with zero attached hydrogens (tertiary/aromatic N) is 2. The Balaban J connectivity index is 1.72. The molecule has 2 aromatic heterocycles. The zero-order valence-electron chi connectivity index (χ0n) is 11.9. The first-order valence-corrected chi connectivity index (χ1v) is 8.45. The van der Waals surface area contributed by atoms with E-state index < -0.39 is 0 Å². The monoisotopic (exact) mass is 325 g/mol. The van der Waals surface area contributed by atoms with Gasteiger partial charge in [0.2, 0.25) is 0 Å². The largest absolute Gasteiger partial charge is 0.297 e. The molecule has 1 N–H and O–H groups in total. The SMILES string of the molecule is CC(C)N1CCc2nc(NC(=O)c3ccc(F)s3)sc2C1. The first-order valence-electron chi connectivity index (χ1n) is 6.82. The number of carbonyl (C=O) groups is 1. The van der Waals surface area contributed by atoms with E-state index in [9.17, 15) is 9.18 Å². The molecule has 0 fully saturated rings. The zero-order chi connectivity index (χ0) is 15.0. The van der Waals surface area contributed by atoms with Crippen molar-refractivity contribution in [2.45, 2.75) is 32.9 Å². The van der Waals surface area contributed by atoms with E-state index in [0.29, 0.717) is 16.1 Å². The molecule has 4 nitrogen and oxygen atoms in total. The molecule has 0 unspecified atom stereocenters. The predicted molar refractivity (Wildman–Crippen MR) is 83.6 cm³/mol. The molecule has 3 heterocycles. The lowest BCUT2D eigenvalue weighted by Gasteiger charge is -2.29. The summed E-state index contributed by atoms with van der Waals surface area (Å²) in [7, 11) is 0. The second-order valence-electron chi connectivity index (χ2n) is 5.26. The van der Waals surface area contributed by atoms with E-state index in [1.807, 2.05) is 0 Å². The number of hydrogen-bond acceptors (Lipinski definition) is 5. The van der Waals surface area contributed by atoms with E-state index in [1.165, 1.54) is 28.3 Å². The van der Waals surface area contributed by atoms with Crippen LogP contribution >= 0.6 is 22.7 Å². The molecular formula is C14H16FN3OS2. The van der Waals surface area contributed by atoms with Crippen molar-refractivity contribution < 1.29 is 9.18 Å². The normalized spacial score (nSPS) is 15.2. The van der Waals surface area contributed by atoms with Crippen LogP contribution in [0.4, 0.5) is 9.52 Å². The third-order valence-corrected chi connectivity index (χ3v) is 5.38. The van der Waals surface area contributed by atoms with Crippen LogP contribution in [0.25, 0.3) is 0 Å². The lowest BCUT2D eigenvalue weighted by atomic mass is 10.1. The van der Waals surface area contributed by atoms with Crippen LogP contribution in [0.1, 0.15) is 34.1 Å². The molecule has 112 valence electrons. The van der Waals surface area contributed by atoms with E-state index in [1.54, 1.807) is 0 Å². The van der Waals surface area contributed by atoms with Gasteiger partial charge in [-0.15, -0.1) is 22.7 Å². The molecule has 1 aliphatic heterocycles. The van der Waals surface area contributed by atoms with Crippen LogP contribution in [-0.4, -0.2) is 28.4 Å². The summed E-state index contributed by atoms with van der Waals surface area (Å²) in [5.74, 6) is -0.296. The molecule has 0 spiro atoms. The minimum atomic E-state index is -0.355. The molecule has 0 bridgehead atoms. The van der Waals surface area contributed by atoms with E-state index in [0.717, 1.165) is 36.5 Å². The number of aromatic nitrogens is 1. The van der Waals surface area contributed by atoms with Crippen LogP contribution in [0.5, 0.6) is 0 Å². The number of fused-ring (bicyclic) bond motifs is 1. The molecular weight excluding hydrogens is 309 g/mol. The summed E-state index contributed by atoms with van der Waals surface area (Å²) in [4.78, 5) is 20.5. The van der Waals surface area contributed by atoms with Gasteiger partial charge in [0.1, 0.15) is 0 Å². The molecule has 0 atom stereocenters. The fraction of sp³-hybridized carbons (Fsp3) is 0.429. The fourth-order valence-corrected chi connectivity index (χ4v) is 3.96. The highest BCUT2D eigenvalue weighted by Crippen LogP contribution is 2.29. The number of thiophene rings is 1. The maximum absolute atomic E-state index is 13.0. The summed E-state index contributed by atoms with van der Waals surface area (Å²) >= 11 is 2.36. The number of halogens is 1. The van der Waals surface area contributed by atoms with Gasteiger partial charge in [-0.2, -0.15) is 4.39 Å². The first-order chi connectivity index (χ1) is 10.0. The Labute approximate surface area is 130 Å². The summed E-state index contributed by atoms with van der Waals surface area (Å²) in [6, 6.07) is 3.29. The fourth-order valence-electron chi connectivity index (χ4n) is 2.30. The molecule has 1 amide bonds. The van der Waals surface area contributed by atoms with E-state index in [-0.39, 0.29) is 11.0 Å². The second kappa shape index (κ2) is 5.82. The number of thiazole rings is 1. The van der Waals surface area contributed by atoms with Gasteiger partial charge in [0.15, 0.2) is 10.3 Å². The van der Waals surface area contributed by atoms with Crippen molar-refractivity contribution in [2.24, 2.45) is 0 Å². The first kappa shape index (κ1) is 14.6. The van der Waals surface area contributed by atoms with Gasteiger partial charge in [-0.3, -0.25) is 15.0 Å². The highest BCUT2D eigenvalue weighted by Gasteiger charge is 2.23. The lowest BCUT2D eigenvalue weighted by molar-refractivity contribution is 0.103. The average Bonchev–Trinajstić information content (AvgIpc) is 3.03. The summed E-state index contributed by atoms with van der Waals surface area (Å²) < 4.78 is 13.0. The van der Waals surface area contributed by atoms with Crippen LogP contribution in [0.3, 0.4) is 0 Å².